The first kappa shape index (κ1) is 9.42. The third-order valence-corrected chi connectivity index (χ3v) is 1.61. The zero-order valence-electron chi connectivity index (χ0n) is 7.47. The number of nitrogens with zero attached hydrogens (tertiary/aromatic N) is 3. The quantitative estimate of drug-likeness (QED) is 0.302. The van der Waals surface area contributed by atoms with Gasteiger partial charge in [-0.15, -0.1) is 0 Å². The molecular weight excluding hydrogens is 166 g/mol. The predicted octanol–water partition coefficient (Wildman–Crippen LogP) is 2.68. The molecule has 0 aromatic heterocycles. The number of hydrogen-bond acceptors (Lipinski definition) is 2. The molecule has 4 nitrogen and oxygen atoms in total. The van der Waals surface area contributed by atoms with Crippen LogP contribution in [-0.4, -0.2) is 13.2 Å². The van der Waals surface area contributed by atoms with Gasteiger partial charge in [-0.25, -0.2) is 0 Å². The van der Waals surface area contributed by atoms with E-state index in [2.05, 4.69) is 10.0 Å². The van der Waals surface area contributed by atoms with Crippen LogP contribution in [0.3, 0.4) is 0 Å². The van der Waals surface area contributed by atoms with E-state index in [1.54, 1.807) is 0 Å². The van der Waals surface area contributed by atoms with Gasteiger partial charge in [0.25, 0.3) is 0 Å². The van der Waals surface area contributed by atoms with Crippen LogP contribution in [0.5, 0.6) is 5.75 Å². The van der Waals surface area contributed by atoms with Crippen molar-refractivity contribution in [1.82, 2.24) is 0 Å². The first-order chi connectivity index (χ1) is 6.34. The highest BCUT2D eigenvalue weighted by molar-refractivity contribution is 5.31. The lowest BCUT2D eigenvalue weighted by atomic mass is 10.2. The molecule has 0 N–H and O–H groups in total. The number of azide groups is 1. The normalized spacial score (nSPS) is 9.00. The number of ether oxygens (including phenoxy) is 1. The minimum absolute atomic E-state index is 0.366. The Morgan fingerprint density at radius 3 is 2.92 bits per heavy atom. The molecule has 4 heteroatoms. The largest absolute Gasteiger partial charge is 0.493 e. The number of rotatable bonds is 4. The summed E-state index contributed by atoms with van der Waals surface area (Å²) in [7, 11) is 0. The number of aryl methyl sites for hydroxylation is 1. The maximum Gasteiger partial charge on any atom is 0.122 e. The monoisotopic (exact) mass is 177 g/mol. The van der Waals surface area contributed by atoms with Crippen LogP contribution in [0, 0.1) is 6.92 Å². The molecule has 1 rings (SSSR count). The van der Waals surface area contributed by atoms with Gasteiger partial charge in [0.1, 0.15) is 5.75 Å². The molecule has 1 aromatic carbocycles. The summed E-state index contributed by atoms with van der Waals surface area (Å²) < 4.78 is 5.37. The van der Waals surface area contributed by atoms with Crippen LogP contribution in [-0.2, 0) is 0 Å². The van der Waals surface area contributed by atoms with E-state index >= 15 is 0 Å². The maximum atomic E-state index is 8.02. The van der Waals surface area contributed by atoms with Crippen LogP contribution < -0.4 is 4.74 Å². The highest BCUT2D eigenvalue weighted by Gasteiger charge is 1.95. The summed E-state index contributed by atoms with van der Waals surface area (Å²) in [5, 5.41) is 3.37. The van der Waals surface area contributed by atoms with Crippen molar-refractivity contribution in [3.05, 3.63) is 40.3 Å². The van der Waals surface area contributed by atoms with E-state index in [4.69, 9.17) is 10.3 Å². The van der Waals surface area contributed by atoms with Gasteiger partial charge in [-0.3, -0.25) is 0 Å². The third-order valence-electron chi connectivity index (χ3n) is 1.61. The molecule has 0 aliphatic rings. The fraction of sp³-hybridized carbons (Fsp3) is 0.333. The molecule has 0 amide bonds. The van der Waals surface area contributed by atoms with Crippen molar-refractivity contribution < 1.29 is 4.74 Å². The van der Waals surface area contributed by atoms with Crippen LogP contribution >= 0.6 is 0 Å². The summed E-state index contributed by atoms with van der Waals surface area (Å²) in [5.41, 5.74) is 9.11. The Morgan fingerprint density at radius 1 is 1.46 bits per heavy atom. The second-order valence-electron chi connectivity index (χ2n) is 2.57. The van der Waals surface area contributed by atoms with E-state index in [-0.39, 0.29) is 0 Å². The molecule has 0 bridgehead atoms. The maximum absolute atomic E-state index is 8.02. The minimum atomic E-state index is 0.366. The Kier molecular flexibility index (Phi) is 3.67. The summed E-state index contributed by atoms with van der Waals surface area (Å²) in [5.74, 6) is 0.843. The molecule has 0 radical (unpaired) electrons. The molecule has 0 aliphatic carbocycles. The average molecular weight is 177 g/mol. The molecule has 13 heavy (non-hydrogen) atoms. The predicted molar refractivity (Wildman–Crippen MR) is 50.7 cm³/mol. The van der Waals surface area contributed by atoms with Crippen LogP contribution in [0.2, 0.25) is 0 Å². The second kappa shape index (κ2) is 5.06. The molecule has 0 atom stereocenters. The van der Waals surface area contributed by atoms with Gasteiger partial charge < -0.3 is 4.74 Å². The van der Waals surface area contributed by atoms with E-state index in [0.29, 0.717) is 13.2 Å². The van der Waals surface area contributed by atoms with Gasteiger partial charge in [0.05, 0.1) is 13.2 Å². The molecular formula is C9H11N3O. The topological polar surface area (TPSA) is 58.0 Å². The zero-order chi connectivity index (χ0) is 9.52. The lowest BCUT2D eigenvalue weighted by molar-refractivity contribution is 0.326. The van der Waals surface area contributed by atoms with Crippen molar-refractivity contribution in [1.29, 1.82) is 0 Å². The Bertz CT molecular complexity index is 318. The molecule has 68 valence electrons. The fourth-order valence-corrected chi connectivity index (χ4v) is 0.960. The molecule has 0 spiro atoms. The summed E-state index contributed by atoms with van der Waals surface area (Å²) in [4.78, 5) is 2.63. The fourth-order valence-electron chi connectivity index (χ4n) is 0.960. The Morgan fingerprint density at radius 2 is 2.23 bits per heavy atom. The van der Waals surface area contributed by atoms with Gasteiger partial charge in [0.15, 0.2) is 0 Å². The Labute approximate surface area is 76.8 Å². The van der Waals surface area contributed by atoms with Crippen molar-refractivity contribution in [2.24, 2.45) is 5.11 Å². The average Bonchev–Trinajstić information content (AvgIpc) is 2.15. The lowest BCUT2D eigenvalue weighted by Gasteiger charge is -2.06. The van der Waals surface area contributed by atoms with E-state index < -0.39 is 0 Å². The molecule has 0 saturated heterocycles. The van der Waals surface area contributed by atoms with Crippen molar-refractivity contribution in [2.45, 2.75) is 6.92 Å². The summed E-state index contributed by atoms with van der Waals surface area (Å²) in [6.07, 6.45) is 0. The van der Waals surface area contributed by atoms with Gasteiger partial charge in [-0.1, -0.05) is 23.3 Å². The van der Waals surface area contributed by atoms with E-state index in [1.807, 2.05) is 31.2 Å². The van der Waals surface area contributed by atoms with Crippen molar-refractivity contribution >= 4 is 0 Å². The smallest absolute Gasteiger partial charge is 0.122 e. The first-order valence-corrected chi connectivity index (χ1v) is 4.04. The lowest BCUT2D eigenvalue weighted by Crippen LogP contribution is -2.01. The van der Waals surface area contributed by atoms with Crippen molar-refractivity contribution in [3.63, 3.8) is 0 Å². The van der Waals surface area contributed by atoms with Crippen LogP contribution in [0.1, 0.15) is 5.56 Å². The Balaban J connectivity index is 2.45. The standard InChI is InChI=1S/C9H11N3O/c1-8-4-2-3-5-9(8)13-7-6-11-12-10/h2-5H,6-7H2,1H3. The summed E-state index contributed by atoms with van der Waals surface area (Å²) >= 11 is 0. The van der Waals surface area contributed by atoms with E-state index in [1.165, 1.54) is 0 Å². The summed E-state index contributed by atoms with van der Waals surface area (Å²) in [6.45, 7) is 2.77. The summed E-state index contributed by atoms with van der Waals surface area (Å²) in [6, 6.07) is 7.74. The third kappa shape index (κ3) is 3.05. The van der Waals surface area contributed by atoms with Gasteiger partial charge in [0, 0.05) is 4.91 Å². The van der Waals surface area contributed by atoms with Gasteiger partial charge in [-0.05, 0) is 24.1 Å². The molecule has 1 aromatic rings. The van der Waals surface area contributed by atoms with Gasteiger partial charge >= 0.3 is 0 Å². The molecule has 0 aliphatic heterocycles. The molecule has 0 saturated carbocycles. The number of hydrogen-bond donors (Lipinski definition) is 0. The molecule has 0 unspecified atom stereocenters. The SMILES string of the molecule is Cc1ccccc1OCCN=[N+]=[N-]. The molecule has 0 heterocycles. The van der Waals surface area contributed by atoms with Crippen LogP contribution in [0.25, 0.3) is 10.4 Å². The van der Waals surface area contributed by atoms with Crippen LogP contribution in [0.15, 0.2) is 29.4 Å². The van der Waals surface area contributed by atoms with E-state index in [9.17, 15) is 0 Å². The first-order valence-electron chi connectivity index (χ1n) is 4.04. The Hall–Kier alpha value is -1.67. The zero-order valence-corrected chi connectivity index (χ0v) is 7.47. The number of benzene rings is 1. The van der Waals surface area contributed by atoms with E-state index in [0.717, 1.165) is 11.3 Å². The highest BCUT2D eigenvalue weighted by Crippen LogP contribution is 2.15. The minimum Gasteiger partial charge on any atom is -0.493 e. The number of para-hydroxylation sites is 1. The highest BCUT2D eigenvalue weighted by atomic mass is 16.5. The molecule has 0 fully saturated rings. The van der Waals surface area contributed by atoms with Gasteiger partial charge in [0.2, 0.25) is 0 Å². The van der Waals surface area contributed by atoms with Crippen LogP contribution in [0.4, 0.5) is 0 Å². The van der Waals surface area contributed by atoms with Crippen molar-refractivity contribution in [2.75, 3.05) is 13.2 Å². The van der Waals surface area contributed by atoms with Gasteiger partial charge in [-0.2, -0.15) is 0 Å². The van der Waals surface area contributed by atoms with Crippen molar-refractivity contribution in [3.8, 4) is 5.75 Å². The second-order valence-corrected chi connectivity index (χ2v) is 2.57.